The lowest BCUT2D eigenvalue weighted by Gasteiger charge is -2.32. The molecule has 1 N–H and O–H groups in total. The summed E-state index contributed by atoms with van der Waals surface area (Å²) in [5.41, 5.74) is 2.82. The van der Waals surface area contributed by atoms with Crippen LogP contribution in [0.4, 0.5) is 0 Å². The zero-order valence-electron chi connectivity index (χ0n) is 18.2. The molecule has 1 aromatic rings. The first-order chi connectivity index (χ1) is 14.1. The molecule has 1 aromatic carbocycles. The molecular formula is C25H38N2O2. The second-order valence-corrected chi connectivity index (χ2v) is 9.61. The summed E-state index contributed by atoms with van der Waals surface area (Å²) in [6, 6.07) is 9.83. The molecule has 0 radical (unpaired) electrons. The van der Waals surface area contributed by atoms with Crippen LogP contribution < -0.4 is 5.32 Å². The Morgan fingerprint density at radius 2 is 1.66 bits per heavy atom. The van der Waals surface area contributed by atoms with Gasteiger partial charge in [-0.1, -0.05) is 57.4 Å². The maximum Gasteiger partial charge on any atom is 0.240 e. The van der Waals surface area contributed by atoms with E-state index in [1.807, 2.05) is 0 Å². The summed E-state index contributed by atoms with van der Waals surface area (Å²) in [4.78, 5) is 15.2. The smallest absolute Gasteiger partial charge is 0.240 e. The lowest BCUT2D eigenvalue weighted by atomic mass is 9.83. The van der Waals surface area contributed by atoms with Crippen LogP contribution in [0.1, 0.15) is 88.3 Å². The standard InChI is InChI=1S/C25H38N2O2/c1-18(2)24(21-10-8-20(9-11-21)19-6-4-3-5-7-19)26-23-12-15-27(25(23)28)22-13-16-29-17-14-22/h8-11,18-19,22-24,26H,3-7,12-17H2,1-2H3/t23-,24-/m0/s1. The van der Waals surface area contributed by atoms with Crippen LogP contribution in [0, 0.1) is 5.92 Å². The van der Waals surface area contributed by atoms with E-state index in [0.717, 1.165) is 44.9 Å². The molecule has 0 aromatic heterocycles. The number of carbonyl (C=O) groups is 1. The molecule has 0 spiro atoms. The molecule has 4 rings (SSSR count). The minimum absolute atomic E-state index is 0.0525. The van der Waals surface area contributed by atoms with Gasteiger partial charge in [-0.05, 0) is 55.1 Å². The quantitative estimate of drug-likeness (QED) is 0.748. The molecule has 160 valence electrons. The molecule has 1 amide bonds. The van der Waals surface area contributed by atoms with Gasteiger partial charge in [0.2, 0.25) is 5.91 Å². The van der Waals surface area contributed by atoms with Gasteiger partial charge in [0.15, 0.2) is 0 Å². The van der Waals surface area contributed by atoms with Crippen molar-refractivity contribution in [2.45, 2.75) is 89.3 Å². The van der Waals surface area contributed by atoms with E-state index in [1.165, 1.54) is 43.2 Å². The van der Waals surface area contributed by atoms with Gasteiger partial charge >= 0.3 is 0 Å². The molecule has 0 bridgehead atoms. The summed E-state index contributed by atoms with van der Waals surface area (Å²) in [5, 5.41) is 3.73. The second-order valence-electron chi connectivity index (χ2n) is 9.61. The monoisotopic (exact) mass is 398 g/mol. The Morgan fingerprint density at radius 1 is 0.966 bits per heavy atom. The highest BCUT2D eigenvalue weighted by atomic mass is 16.5. The Balaban J connectivity index is 1.41. The van der Waals surface area contributed by atoms with Crippen LogP contribution in [0.15, 0.2) is 24.3 Å². The second kappa shape index (κ2) is 9.61. The highest BCUT2D eigenvalue weighted by Gasteiger charge is 2.37. The van der Waals surface area contributed by atoms with Gasteiger partial charge in [-0.15, -0.1) is 0 Å². The zero-order chi connectivity index (χ0) is 20.2. The van der Waals surface area contributed by atoms with Gasteiger partial charge in [0, 0.05) is 31.8 Å². The Bertz CT molecular complexity index is 660. The molecule has 4 nitrogen and oxygen atoms in total. The van der Waals surface area contributed by atoms with Crippen LogP contribution in [0.25, 0.3) is 0 Å². The van der Waals surface area contributed by atoms with Crippen molar-refractivity contribution in [3.05, 3.63) is 35.4 Å². The van der Waals surface area contributed by atoms with Gasteiger partial charge in [0.1, 0.15) is 0 Å². The van der Waals surface area contributed by atoms with Crippen LogP contribution in [-0.2, 0) is 9.53 Å². The van der Waals surface area contributed by atoms with Gasteiger partial charge in [0.05, 0.1) is 6.04 Å². The van der Waals surface area contributed by atoms with E-state index in [2.05, 4.69) is 48.3 Å². The molecule has 0 unspecified atom stereocenters. The number of nitrogens with one attached hydrogen (secondary N) is 1. The summed E-state index contributed by atoms with van der Waals surface area (Å²) in [6.07, 6.45) is 9.69. The zero-order valence-corrected chi connectivity index (χ0v) is 18.2. The Morgan fingerprint density at radius 3 is 2.31 bits per heavy atom. The van der Waals surface area contributed by atoms with E-state index in [0.29, 0.717) is 17.9 Å². The molecule has 2 saturated heterocycles. The van der Waals surface area contributed by atoms with Crippen molar-refractivity contribution in [2.75, 3.05) is 19.8 Å². The molecule has 3 aliphatic rings. The van der Waals surface area contributed by atoms with Crippen LogP contribution in [0.5, 0.6) is 0 Å². The Kier molecular flexibility index (Phi) is 6.92. The number of hydrogen-bond acceptors (Lipinski definition) is 3. The van der Waals surface area contributed by atoms with E-state index in [1.54, 1.807) is 0 Å². The number of carbonyl (C=O) groups excluding carboxylic acids is 1. The van der Waals surface area contributed by atoms with Crippen molar-refractivity contribution in [2.24, 2.45) is 5.92 Å². The number of nitrogens with zero attached hydrogens (tertiary/aromatic N) is 1. The summed E-state index contributed by atoms with van der Waals surface area (Å²) < 4.78 is 5.47. The lowest BCUT2D eigenvalue weighted by Crippen LogP contribution is -2.46. The van der Waals surface area contributed by atoms with Gasteiger partial charge in [-0.25, -0.2) is 0 Å². The first-order valence-corrected chi connectivity index (χ1v) is 11.9. The molecular weight excluding hydrogens is 360 g/mol. The number of rotatable bonds is 6. The number of hydrogen-bond donors (Lipinski definition) is 1. The van der Waals surface area contributed by atoms with E-state index >= 15 is 0 Å². The molecule has 2 aliphatic heterocycles. The summed E-state index contributed by atoms with van der Waals surface area (Å²) in [6.45, 7) is 6.96. The van der Waals surface area contributed by atoms with Crippen molar-refractivity contribution in [3.63, 3.8) is 0 Å². The lowest BCUT2D eigenvalue weighted by molar-refractivity contribution is -0.133. The van der Waals surface area contributed by atoms with Crippen molar-refractivity contribution >= 4 is 5.91 Å². The van der Waals surface area contributed by atoms with Crippen molar-refractivity contribution in [3.8, 4) is 0 Å². The van der Waals surface area contributed by atoms with Crippen LogP contribution >= 0.6 is 0 Å². The van der Waals surface area contributed by atoms with Crippen LogP contribution in [0.2, 0.25) is 0 Å². The van der Waals surface area contributed by atoms with Gasteiger partial charge < -0.3 is 9.64 Å². The average Bonchev–Trinajstić information content (AvgIpc) is 3.13. The minimum Gasteiger partial charge on any atom is -0.381 e. The fourth-order valence-corrected chi connectivity index (χ4v) is 5.52. The molecule has 2 atom stereocenters. The van der Waals surface area contributed by atoms with Crippen molar-refractivity contribution < 1.29 is 9.53 Å². The third-order valence-electron chi connectivity index (χ3n) is 7.29. The molecule has 2 heterocycles. The summed E-state index contributed by atoms with van der Waals surface area (Å²) >= 11 is 0. The predicted molar refractivity (Wildman–Crippen MR) is 117 cm³/mol. The first kappa shape index (κ1) is 20.9. The van der Waals surface area contributed by atoms with E-state index < -0.39 is 0 Å². The Hall–Kier alpha value is -1.39. The fraction of sp³-hybridized carbons (Fsp3) is 0.720. The van der Waals surface area contributed by atoms with Crippen LogP contribution in [0.3, 0.4) is 0 Å². The number of amides is 1. The number of ether oxygens (including phenoxy) is 1. The van der Waals surface area contributed by atoms with Crippen LogP contribution in [-0.4, -0.2) is 42.6 Å². The van der Waals surface area contributed by atoms with Gasteiger partial charge in [-0.2, -0.15) is 0 Å². The van der Waals surface area contributed by atoms with E-state index in [4.69, 9.17) is 4.74 Å². The summed E-state index contributed by atoms with van der Waals surface area (Å²) in [5.74, 6) is 1.48. The first-order valence-electron chi connectivity index (χ1n) is 11.9. The van der Waals surface area contributed by atoms with E-state index in [-0.39, 0.29) is 12.1 Å². The van der Waals surface area contributed by atoms with Crippen molar-refractivity contribution in [1.29, 1.82) is 0 Å². The molecule has 1 aliphatic carbocycles. The normalized spacial score (nSPS) is 25.7. The molecule has 3 fully saturated rings. The molecule has 29 heavy (non-hydrogen) atoms. The Labute approximate surface area is 176 Å². The molecule has 1 saturated carbocycles. The van der Waals surface area contributed by atoms with Gasteiger partial charge in [0.25, 0.3) is 0 Å². The summed E-state index contributed by atoms with van der Waals surface area (Å²) in [7, 11) is 0. The SMILES string of the molecule is CC(C)[C@H](N[C@H]1CCN(C2CCOCC2)C1=O)c1ccc(C2CCCCC2)cc1. The number of likely N-dealkylation sites (tertiary alicyclic amines) is 1. The highest BCUT2D eigenvalue weighted by Crippen LogP contribution is 2.34. The van der Waals surface area contributed by atoms with E-state index in [9.17, 15) is 4.79 Å². The van der Waals surface area contributed by atoms with Crippen molar-refractivity contribution in [1.82, 2.24) is 10.2 Å². The molecule has 4 heteroatoms. The average molecular weight is 399 g/mol. The largest absolute Gasteiger partial charge is 0.381 e. The third kappa shape index (κ3) is 4.86. The highest BCUT2D eigenvalue weighted by molar-refractivity contribution is 5.84. The maximum absolute atomic E-state index is 13.1. The minimum atomic E-state index is -0.0525. The third-order valence-corrected chi connectivity index (χ3v) is 7.29. The number of benzene rings is 1. The predicted octanol–water partition coefficient (Wildman–Crippen LogP) is 4.80. The maximum atomic E-state index is 13.1. The fourth-order valence-electron chi connectivity index (χ4n) is 5.52. The topological polar surface area (TPSA) is 41.6 Å². The van der Waals surface area contributed by atoms with Gasteiger partial charge in [-0.3, -0.25) is 10.1 Å².